The van der Waals surface area contributed by atoms with Crippen LogP contribution in [0.15, 0.2) is 73.1 Å². The molecule has 0 bridgehead atoms. The van der Waals surface area contributed by atoms with Crippen LogP contribution in [0.3, 0.4) is 0 Å². The first-order valence-corrected chi connectivity index (χ1v) is 9.87. The predicted molar refractivity (Wildman–Crippen MR) is 111 cm³/mol. The number of nitrogens with zero attached hydrogens (tertiary/aromatic N) is 3. The van der Waals surface area contributed by atoms with Gasteiger partial charge < -0.3 is 10.2 Å². The Labute approximate surface area is 170 Å². The van der Waals surface area contributed by atoms with Crippen LogP contribution >= 0.6 is 0 Å². The molecule has 1 fully saturated rings. The molecule has 2 aromatic carbocycles. The highest BCUT2D eigenvalue weighted by molar-refractivity contribution is 5.99. The van der Waals surface area contributed by atoms with E-state index in [9.17, 15) is 9.59 Å². The Kier molecular flexibility index (Phi) is 5.81. The van der Waals surface area contributed by atoms with Crippen molar-refractivity contribution < 1.29 is 9.59 Å². The molecule has 1 aromatic heterocycles. The lowest BCUT2D eigenvalue weighted by molar-refractivity contribution is -0.116. The van der Waals surface area contributed by atoms with Gasteiger partial charge in [0.15, 0.2) is 5.78 Å². The summed E-state index contributed by atoms with van der Waals surface area (Å²) in [6.07, 6.45) is 4.07. The fraction of sp³-hybridized carbons (Fsp3) is 0.261. The molecule has 4 rings (SSSR count). The predicted octanol–water partition coefficient (Wildman–Crippen LogP) is 2.62. The minimum atomic E-state index is -0.110. The number of likely N-dealkylation sites (tertiary alicyclic amines) is 1. The Morgan fingerprint density at radius 1 is 1.03 bits per heavy atom. The van der Waals surface area contributed by atoms with Crippen LogP contribution in [-0.2, 0) is 11.3 Å². The van der Waals surface area contributed by atoms with Gasteiger partial charge in [0.2, 0.25) is 0 Å². The van der Waals surface area contributed by atoms with Crippen molar-refractivity contribution in [1.82, 2.24) is 20.0 Å². The van der Waals surface area contributed by atoms with Gasteiger partial charge in [-0.2, -0.15) is 5.10 Å². The van der Waals surface area contributed by atoms with Gasteiger partial charge in [-0.25, -0.2) is 0 Å². The molecule has 0 aliphatic carbocycles. The summed E-state index contributed by atoms with van der Waals surface area (Å²) in [5, 5.41) is 7.51. The summed E-state index contributed by atoms with van der Waals surface area (Å²) < 4.78 is 1.85. The maximum Gasteiger partial charge on any atom is 0.254 e. The van der Waals surface area contributed by atoms with E-state index in [1.165, 1.54) is 0 Å². The Balaban J connectivity index is 1.37. The van der Waals surface area contributed by atoms with E-state index >= 15 is 0 Å². The molecule has 1 saturated heterocycles. The zero-order valence-electron chi connectivity index (χ0n) is 16.2. The normalized spacial score (nSPS) is 16.3. The van der Waals surface area contributed by atoms with Crippen molar-refractivity contribution in [3.63, 3.8) is 0 Å². The van der Waals surface area contributed by atoms with Crippen LogP contribution in [0.1, 0.15) is 16.8 Å². The third-order valence-corrected chi connectivity index (χ3v) is 5.21. The maximum atomic E-state index is 13.0. The average molecular weight is 388 g/mol. The van der Waals surface area contributed by atoms with Gasteiger partial charge in [0.05, 0.1) is 19.1 Å². The van der Waals surface area contributed by atoms with Gasteiger partial charge in [-0.15, -0.1) is 0 Å². The Morgan fingerprint density at radius 3 is 2.52 bits per heavy atom. The Morgan fingerprint density at radius 2 is 1.79 bits per heavy atom. The Bertz CT molecular complexity index is 952. The molecule has 0 radical (unpaired) electrons. The van der Waals surface area contributed by atoms with Crippen molar-refractivity contribution in [3.05, 3.63) is 78.6 Å². The molecule has 2 heterocycles. The third kappa shape index (κ3) is 4.60. The van der Waals surface area contributed by atoms with Crippen molar-refractivity contribution in [2.75, 3.05) is 19.6 Å². The van der Waals surface area contributed by atoms with Crippen molar-refractivity contribution in [2.45, 2.75) is 19.0 Å². The molecular formula is C23H24N4O2. The minimum Gasteiger partial charge on any atom is -0.327 e. The van der Waals surface area contributed by atoms with Gasteiger partial charge in [-0.3, -0.25) is 14.3 Å². The van der Waals surface area contributed by atoms with Gasteiger partial charge >= 0.3 is 0 Å². The first-order chi connectivity index (χ1) is 14.2. The van der Waals surface area contributed by atoms with Crippen LogP contribution in [-0.4, -0.2) is 52.0 Å². The van der Waals surface area contributed by atoms with E-state index in [0.29, 0.717) is 18.5 Å². The highest BCUT2D eigenvalue weighted by atomic mass is 16.2. The number of nitrogens with one attached hydrogen (secondary N) is 1. The number of carbonyl (C=O) groups is 2. The van der Waals surface area contributed by atoms with Crippen LogP contribution < -0.4 is 5.32 Å². The highest BCUT2D eigenvalue weighted by Crippen LogP contribution is 2.22. The van der Waals surface area contributed by atoms with E-state index in [1.54, 1.807) is 11.1 Å². The molecule has 29 heavy (non-hydrogen) atoms. The van der Waals surface area contributed by atoms with Crippen molar-refractivity contribution in [2.24, 2.45) is 0 Å². The molecule has 0 spiro atoms. The quantitative estimate of drug-likeness (QED) is 0.632. The number of Topliss-reactive ketones (excluding diaryl/α,β-unsaturated/α-hetero) is 1. The van der Waals surface area contributed by atoms with E-state index < -0.39 is 0 Å². The summed E-state index contributed by atoms with van der Waals surface area (Å²) >= 11 is 0. The molecule has 1 aliphatic heterocycles. The number of hydrogen-bond acceptors (Lipinski definition) is 4. The number of ketones is 1. The summed E-state index contributed by atoms with van der Waals surface area (Å²) in [5.41, 5.74) is 2.79. The molecule has 1 aliphatic rings. The summed E-state index contributed by atoms with van der Waals surface area (Å²) in [5.74, 6) is 0.0208. The van der Waals surface area contributed by atoms with Gasteiger partial charge in [0.25, 0.3) is 5.91 Å². The maximum absolute atomic E-state index is 13.0. The lowest BCUT2D eigenvalue weighted by atomic mass is 10.0. The largest absolute Gasteiger partial charge is 0.327 e. The molecule has 0 saturated carbocycles. The van der Waals surface area contributed by atoms with E-state index in [-0.39, 0.29) is 24.3 Å². The number of rotatable bonds is 7. The van der Waals surface area contributed by atoms with E-state index in [0.717, 1.165) is 24.2 Å². The second-order valence-corrected chi connectivity index (χ2v) is 7.25. The molecular weight excluding hydrogens is 364 g/mol. The standard InChI is InChI=1S/C23H24N4O2/c28-22-15-21(16-24-12-14-26-13-4-11-25-26)27(17-22)23(29)20-9-7-19(8-10-20)18-5-2-1-3-6-18/h1-11,13,21,24H,12,14-17H2/t21-/m0/s1. The fourth-order valence-corrected chi connectivity index (χ4v) is 3.67. The monoisotopic (exact) mass is 388 g/mol. The molecule has 6 heteroatoms. The van der Waals surface area contributed by atoms with Crippen LogP contribution in [0.5, 0.6) is 0 Å². The summed E-state index contributed by atoms with van der Waals surface area (Å²) in [4.78, 5) is 26.7. The summed E-state index contributed by atoms with van der Waals surface area (Å²) in [6.45, 7) is 2.27. The van der Waals surface area contributed by atoms with Crippen LogP contribution in [0.4, 0.5) is 0 Å². The molecule has 148 valence electrons. The molecule has 3 aromatic rings. The lowest BCUT2D eigenvalue weighted by Crippen LogP contribution is -2.42. The van der Waals surface area contributed by atoms with Crippen molar-refractivity contribution in [3.8, 4) is 11.1 Å². The average Bonchev–Trinajstić information content (AvgIpc) is 3.41. The zero-order chi connectivity index (χ0) is 20.1. The topological polar surface area (TPSA) is 67.2 Å². The number of hydrogen-bond donors (Lipinski definition) is 1. The Hall–Kier alpha value is -3.25. The summed E-state index contributed by atoms with van der Waals surface area (Å²) in [7, 11) is 0. The lowest BCUT2D eigenvalue weighted by Gasteiger charge is -2.24. The molecule has 1 atom stereocenters. The number of benzene rings is 2. The minimum absolute atomic E-state index is 0.0886. The highest BCUT2D eigenvalue weighted by Gasteiger charge is 2.34. The van der Waals surface area contributed by atoms with Crippen LogP contribution in [0, 0.1) is 0 Å². The summed E-state index contributed by atoms with van der Waals surface area (Å²) in [6, 6.07) is 19.4. The van der Waals surface area contributed by atoms with Gasteiger partial charge in [0, 0.05) is 37.5 Å². The molecule has 6 nitrogen and oxygen atoms in total. The van der Waals surface area contributed by atoms with Gasteiger partial charge in [0.1, 0.15) is 0 Å². The molecule has 0 unspecified atom stereocenters. The third-order valence-electron chi connectivity index (χ3n) is 5.21. The smallest absolute Gasteiger partial charge is 0.254 e. The zero-order valence-corrected chi connectivity index (χ0v) is 16.2. The second-order valence-electron chi connectivity index (χ2n) is 7.25. The number of amides is 1. The van der Waals surface area contributed by atoms with E-state index in [1.807, 2.05) is 71.5 Å². The van der Waals surface area contributed by atoms with E-state index in [2.05, 4.69) is 10.4 Å². The van der Waals surface area contributed by atoms with Gasteiger partial charge in [-0.05, 0) is 29.3 Å². The molecule has 1 N–H and O–H groups in total. The first kappa shape index (κ1) is 19.1. The van der Waals surface area contributed by atoms with Crippen molar-refractivity contribution >= 4 is 11.7 Å². The number of carbonyl (C=O) groups excluding carboxylic acids is 2. The van der Waals surface area contributed by atoms with Gasteiger partial charge in [-0.1, -0.05) is 42.5 Å². The fourth-order valence-electron chi connectivity index (χ4n) is 3.67. The second kappa shape index (κ2) is 8.84. The van der Waals surface area contributed by atoms with Crippen molar-refractivity contribution in [1.29, 1.82) is 0 Å². The van der Waals surface area contributed by atoms with Crippen LogP contribution in [0.25, 0.3) is 11.1 Å². The van der Waals surface area contributed by atoms with E-state index in [4.69, 9.17) is 0 Å². The molecule has 1 amide bonds. The first-order valence-electron chi connectivity index (χ1n) is 9.87. The SMILES string of the molecule is O=C1C[C@@H](CNCCn2cccn2)N(C(=O)c2ccc(-c3ccccc3)cc2)C1. The van der Waals surface area contributed by atoms with Crippen LogP contribution in [0.2, 0.25) is 0 Å². The number of aromatic nitrogens is 2.